The molecule has 0 bridgehead atoms. The number of benzene rings is 1. The van der Waals surface area contributed by atoms with Gasteiger partial charge in [-0.1, -0.05) is 13.8 Å². The molecule has 0 radical (unpaired) electrons. The van der Waals surface area contributed by atoms with E-state index in [0.29, 0.717) is 5.69 Å². The first kappa shape index (κ1) is 14.1. The SMILES string of the molecule is CC[C@H](C)[C@H]([NH3+])C(=O)Nc1ccc([N+](=O)[O-])cc1. The summed E-state index contributed by atoms with van der Waals surface area (Å²) in [7, 11) is 0. The number of non-ortho nitro benzene ring substituents is 1. The minimum atomic E-state index is -0.477. The van der Waals surface area contributed by atoms with Gasteiger partial charge in [-0.2, -0.15) is 0 Å². The number of anilines is 1. The van der Waals surface area contributed by atoms with Crippen molar-refractivity contribution in [1.82, 2.24) is 0 Å². The maximum atomic E-state index is 11.8. The number of hydrogen-bond donors (Lipinski definition) is 2. The van der Waals surface area contributed by atoms with Crippen molar-refractivity contribution in [3.05, 3.63) is 34.4 Å². The Bertz CT molecular complexity index is 431. The fraction of sp³-hybridized carbons (Fsp3) is 0.417. The molecule has 0 saturated carbocycles. The number of nitrogens with zero attached hydrogens (tertiary/aromatic N) is 1. The predicted molar refractivity (Wildman–Crippen MR) is 67.9 cm³/mol. The third-order valence-corrected chi connectivity index (χ3v) is 3.01. The highest BCUT2D eigenvalue weighted by atomic mass is 16.6. The van der Waals surface area contributed by atoms with Crippen LogP contribution in [0.15, 0.2) is 24.3 Å². The molecule has 18 heavy (non-hydrogen) atoms. The molecule has 0 unspecified atom stereocenters. The predicted octanol–water partition coefficient (Wildman–Crippen LogP) is 1.19. The fourth-order valence-electron chi connectivity index (χ4n) is 1.44. The number of nitro groups is 1. The summed E-state index contributed by atoms with van der Waals surface area (Å²) in [6.45, 7) is 3.97. The molecule has 6 nitrogen and oxygen atoms in total. The van der Waals surface area contributed by atoms with Crippen LogP contribution in [-0.2, 0) is 4.79 Å². The number of hydrogen-bond acceptors (Lipinski definition) is 3. The van der Waals surface area contributed by atoms with Crippen molar-refractivity contribution in [1.29, 1.82) is 0 Å². The summed E-state index contributed by atoms with van der Waals surface area (Å²) >= 11 is 0. The lowest BCUT2D eigenvalue weighted by molar-refractivity contribution is -0.414. The molecule has 0 fully saturated rings. The van der Waals surface area contributed by atoms with E-state index < -0.39 is 4.92 Å². The van der Waals surface area contributed by atoms with Crippen LogP contribution in [0.25, 0.3) is 0 Å². The summed E-state index contributed by atoms with van der Waals surface area (Å²) in [6.07, 6.45) is 0.877. The van der Waals surface area contributed by atoms with E-state index in [2.05, 4.69) is 11.1 Å². The summed E-state index contributed by atoms with van der Waals surface area (Å²) in [5, 5.41) is 13.2. The Morgan fingerprint density at radius 1 is 1.44 bits per heavy atom. The van der Waals surface area contributed by atoms with Crippen molar-refractivity contribution >= 4 is 17.3 Å². The van der Waals surface area contributed by atoms with E-state index in [4.69, 9.17) is 0 Å². The number of amides is 1. The Labute approximate surface area is 105 Å². The van der Waals surface area contributed by atoms with Crippen LogP contribution >= 0.6 is 0 Å². The molecule has 1 amide bonds. The van der Waals surface area contributed by atoms with Crippen LogP contribution in [-0.4, -0.2) is 16.9 Å². The van der Waals surface area contributed by atoms with Crippen LogP contribution in [0.2, 0.25) is 0 Å². The second-order valence-corrected chi connectivity index (χ2v) is 4.29. The van der Waals surface area contributed by atoms with Crippen molar-refractivity contribution in [3.8, 4) is 0 Å². The third kappa shape index (κ3) is 3.53. The topological polar surface area (TPSA) is 99.9 Å². The summed E-state index contributed by atoms with van der Waals surface area (Å²) in [5.41, 5.74) is 4.38. The monoisotopic (exact) mass is 252 g/mol. The van der Waals surface area contributed by atoms with Gasteiger partial charge >= 0.3 is 0 Å². The molecule has 0 aromatic heterocycles. The van der Waals surface area contributed by atoms with Crippen LogP contribution in [0.5, 0.6) is 0 Å². The van der Waals surface area contributed by atoms with Gasteiger partial charge in [0.1, 0.15) is 0 Å². The van der Waals surface area contributed by atoms with Gasteiger partial charge in [-0.15, -0.1) is 0 Å². The average molecular weight is 252 g/mol. The number of nitro benzene ring substituents is 1. The molecule has 1 rings (SSSR count). The summed E-state index contributed by atoms with van der Waals surface area (Å²) in [6, 6.07) is 5.41. The van der Waals surface area contributed by atoms with E-state index in [1.807, 2.05) is 13.8 Å². The average Bonchev–Trinajstić information content (AvgIpc) is 2.37. The molecule has 6 heteroatoms. The van der Waals surface area contributed by atoms with E-state index >= 15 is 0 Å². The Balaban J connectivity index is 2.67. The normalized spacial score (nSPS) is 13.7. The molecule has 0 aliphatic carbocycles. The standard InChI is InChI=1S/C12H17N3O3/c1-3-8(2)11(13)12(16)14-9-4-6-10(7-5-9)15(17)18/h4-8,11H,3,13H2,1-2H3,(H,14,16)/p+1/t8-,11-/m0/s1. The quantitative estimate of drug-likeness (QED) is 0.608. The van der Waals surface area contributed by atoms with E-state index in [9.17, 15) is 14.9 Å². The lowest BCUT2D eigenvalue weighted by Gasteiger charge is -2.14. The first-order valence-corrected chi connectivity index (χ1v) is 5.84. The first-order chi connectivity index (χ1) is 8.45. The molecule has 1 aromatic carbocycles. The molecule has 0 aliphatic rings. The van der Waals surface area contributed by atoms with Gasteiger partial charge in [-0.3, -0.25) is 14.9 Å². The molecule has 0 heterocycles. The molecular weight excluding hydrogens is 234 g/mol. The highest BCUT2D eigenvalue weighted by Gasteiger charge is 2.23. The molecule has 0 spiro atoms. The molecule has 0 aliphatic heterocycles. The van der Waals surface area contributed by atoms with Gasteiger partial charge in [0, 0.05) is 23.7 Å². The summed E-state index contributed by atoms with van der Waals surface area (Å²) < 4.78 is 0. The first-order valence-electron chi connectivity index (χ1n) is 5.84. The van der Waals surface area contributed by atoms with E-state index in [-0.39, 0.29) is 23.6 Å². The zero-order valence-electron chi connectivity index (χ0n) is 10.6. The van der Waals surface area contributed by atoms with Gasteiger partial charge in [0.2, 0.25) is 0 Å². The van der Waals surface area contributed by atoms with E-state index in [1.54, 1.807) is 0 Å². The van der Waals surface area contributed by atoms with Crippen molar-refractivity contribution in [2.45, 2.75) is 26.3 Å². The highest BCUT2D eigenvalue weighted by molar-refractivity contribution is 5.93. The van der Waals surface area contributed by atoms with E-state index in [0.717, 1.165) is 6.42 Å². The van der Waals surface area contributed by atoms with Gasteiger partial charge in [-0.05, 0) is 18.6 Å². The molecule has 4 N–H and O–H groups in total. The third-order valence-electron chi connectivity index (χ3n) is 3.01. The second-order valence-electron chi connectivity index (χ2n) is 4.29. The molecular formula is C12H18N3O3+. The van der Waals surface area contributed by atoms with Gasteiger partial charge in [0.15, 0.2) is 6.04 Å². The minimum Gasteiger partial charge on any atom is -0.347 e. The number of carbonyl (C=O) groups is 1. The largest absolute Gasteiger partial charge is 0.347 e. The molecule has 2 atom stereocenters. The Morgan fingerprint density at radius 2 is 2.00 bits per heavy atom. The van der Waals surface area contributed by atoms with Gasteiger partial charge in [0.05, 0.1) is 4.92 Å². The second kappa shape index (κ2) is 6.11. The van der Waals surface area contributed by atoms with Gasteiger partial charge in [-0.25, -0.2) is 0 Å². The maximum absolute atomic E-state index is 11.8. The maximum Gasteiger partial charge on any atom is 0.282 e. The number of nitrogens with one attached hydrogen (secondary N) is 1. The lowest BCUT2D eigenvalue weighted by Crippen LogP contribution is -2.69. The van der Waals surface area contributed by atoms with Crippen LogP contribution in [0.4, 0.5) is 11.4 Å². The Hall–Kier alpha value is -1.95. The van der Waals surface area contributed by atoms with Crippen LogP contribution in [0.1, 0.15) is 20.3 Å². The zero-order valence-corrected chi connectivity index (χ0v) is 10.6. The molecule has 98 valence electrons. The van der Waals surface area contributed by atoms with Crippen molar-refractivity contribution in [2.75, 3.05) is 5.32 Å². The van der Waals surface area contributed by atoms with Gasteiger partial charge < -0.3 is 11.1 Å². The van der Waals surface area contributed by atoms with Crippen LogP contribution in [0, 0.1) is 16.0 Å². The summed E-state index contributed by atoms with van der Waals surface area (Å²) in [5.74, 6) is 0.0289. The lowest BCUT2D eigenvalue weighted by atomic mass is 9.99. The Kier molecular flexibility index (Phi) is 4.79. The van der Waals surface area contributed by atoms with Crippen molar-refractivity contribution < 1.29 is 15.5 Å². The number of carbonyl (C=O) groups excluding carboxylic acids is 1. The molecule has 0 saturated heterocycles. The number of quaternary nitrogens is 1. The van der Waals surface area contributed by atoms with Crippen LogP contribution in [0.3, 0.4) is 0 Å². The zero-order chi connectivity index (χ0) is 13.7. The fourth-order valence-corrected chi connectivity index (χ4v) is 1.44. The van der Waals surface area contributed by atoms with Crippen molar-refractivity contribution in [2.24, 2.45) is 5.92 Å². The molecule has 1 aromatic rings. The highest BCUT2D eigenvalue weighted by Crippen LogP contribution is 2.16. The van der Waals surface area contributed by atoms with Gasteiger partial charge in [0.25, 0.3) is 11.6 Å². The van der Waals surface area contributed by atoms with Crippen molar-refractivity contribution in [3.63, 3.8) is 0 Å². The number of rotatable bonds is 5. The Morgan fingerprint density at radius 3 is 2.44 bits per heavy atom. The van der Waals surface area contributed by atoms with Crippen LogP contribution < -0.4 is 11.1 Å². The smallest absolute Gasteiger partial charge is 0.282 e. The minimum absolute atomic E-state index is 0.00102. The van der Waals surface area contributed by atoms with E-state index in [1.165, 1.54) is 24.3 Å². The summed E-state index contributed by atoms with van der Waals surface area (Å²) in [4.78, 5) is 21.8.